The average Bonchev–Trinajstić information content (AvgIpc) is 2.56. The third-order valence-corrected chi connectivity index (χ3v) is 4.31. The molecule has 1 aliphatic rings. The van der Waals surface area contributed by atoms with Crippen LogP contribution in [0.2, 0.25) is 0 Å². The van der Waals surface area contributed by atoms with Gasteiger partial charge in [0.25, 0.3) is 0 Å². The maximum absolute atomic E-state index is 12.4. The molecule has 126 valence electrons. The highest BCUT2D eigenvalue weighted by Crippen LogP contribution is 2.30. The molecule has 0 unspecified atom stereocenters. The Morgan fingerprint density at radius 1 is 1.35 bits per heavy atom. The molecule has 0 heterocycles. The molecule has 1 aromatic rings. The van der Waals surface area contributed by atoms with Gasteiger partial charge < -0.3 is 14.8 Å². The molecule has 5 heteroatoms. The fraction of sp³-hybridized carbons (Fsp3) is 0.556. The van der Waals surface area contributed by atoms with Gasteiger partial charge in [-0.3, -0.25) is 4.79 Å². The van der Waals surface area contributed by atoms with Gasteiger partial charge in [-0.2, -0.15) is 0 Å². The highest BCUT2D eigenvalue weighted by atomic mass is 16.5. The molecule has 0 bridgehead atoms. The number of carbonyl (C=O) groups is 2. The van der Waals surface area contributed by atoms with Gasteiger partial charge in [-0.25, -0.2) is 4.79 Å². The summed E-state index contributed by atoms with van der Waals surface area (Å²) in [6, 6.07) is 6.66. The number of anilines is 1. The maximum atomic E-state index is 12.4. The summed E-state index contributed by atoms with van der Waals surface area (Å²) in [5.41, 5.74) is 0.773. The van der Waals surface area contributed by atoms with Crippen LogP contribution in [0, 0.1) is 11.8 Å². The Morgan fingerprint density at radius 3 is 2.65 bits per heavy atom. The van der Waals surface area contributed by atoms with E-state index in [4.69, 9.17) is 9.47 Å². The number of ether oxygens (including phenoxy) is 2. The summed E-state index contributed by atoms with van der Waals surface area (Å²) in [5.74, 6) is 0.621. The second kappa shape index (κ2) is 7.99. The van der Waals surface area contributed by atoms with Crippen LogP contribution in [-0.2, 0) is 14.3 Å². The van der Waals surface area contributed by atoms with E-state index in [0.717, 1.165) is 17.9 Å². The maximum Gasteiger partial charge on any atom is 0.329 e. The first-order valence-electron chi connectivity index (χ1n) is 8.15. The molecule has 0 amide bonds. The molecule has 1 aliphatic carbocycles. The van der Waals surface area contributed by atoms with E-state index in [1.807, 2.05) is 24.3 Å². The van der Waals surface area contributed by atoms with Gasteiger partial charge in [-0.15, -0.1) is 0 Å². The van der Waals surface area contributed by atoms with E-state index in [-0.39, 0.29) is 17.7 Å². The van der Waals surface area contributed by atoms with Crippen molar-refractivity contribution in [2.75, 3.05) is 19.0 Å². The summed E-state index contributed by atoms with van der Waals surface area (Å²) in [7, 11) is 1.60. The lowest BCUT2D eigenvalue weighted by atomic mass is 9.77. The minimum absolute atomic E-state index is 0.141. The second-order valence-corrected chi connectivity index (χ2v) is 6.05. The van der Waals surface area contributed by atoms with Crippen molar-refractivity contribution in [1.82, 2.24) is 0 Å². The van der Waals surface area contributed by atoms with Crippen LogP contribution in [0.5, 0.6) is 5.75 Å². The number of hydrogen-bond donors (Lipinski definition) is 1. The molecule has 0 aromatic heterocycles. The number of benzene rings is 1. The van der Waals surface area contributed by atoms with Gasteiger partial charge in [-0.05, 0) is 49.9 Å². The third-order valence-electron chi connectivity index (χ3n) is 4.31. The van der Waals surface area contributed by atoms with Crippen LogP contribution in [0.3, 0.4) is 0 Å². The number of Topliss-reactive ketones (excluding diaryl/α,β-unsaturated/α-hetero) is 1. The Balaban J connectivity index is 2.18. The highest BCUT2D eigenvalue weighted by molar-refractivity contribution is 5.91. The number of nitrogens with one attached hydrogen (secondary N) is 1. The van der Waals surface area contributed by atoms with Crippen LogP contribution in [0.1, 0.15) is 33.1 Å². The van der Waals surface area contributed by atoms with Crippen molar-refractivity contribution in [2.24, 2.45) is 11.8 Å². The topological polar surface area (TPSA) is 64.6 Å². The lowest BCUT2D eigenvalue weighted by molar-refractivity contribution is -0.148. The summed E-state index contributed by atoms with van der Waals surface area (Å²) < 4.78 is 10.3. The van der Waals surface area contributed by atoms with E-state index in [0.29, 0.717) is 25.4 Å². The van der Waals surface area contributed by atoms with E-state index in [1.54, 1.807) is 14.0 Å². The van der Waals surface area contributed by atoms with Crippen LogP contribution >= 0.6 is 0 Å². The standard InChI is InChI=1S/C18H25NO4/c1-4-23-18(21)17(15-11-12(2)5-10-16(15)20)19-13-6-8-14(22-3)9-7-13/h6-9,12,15,17,19H,4-5,10-11H2,1-3H3/t12-,15+,17+/m1/s1. The molecule has 0 radical (unpaired) electrons. The van der Waals surface area contributed by atoms with Gasteiger partial charge in [0.2, 0.25) is 0 Å². The molecular weight excluding hydrogens is 294 g/mol. The van der Waals surface area contributed by atoms with Crippen LogP contribution in [0.25, 0.3) is 0 Å². The van der Waals surface area contributed by atoms with Crippen molar-refractivity contribution in [3.63, 3.8) is 0 Å². The van der Waals surface area contributed by atoms with Crippen molar-refractivity contribution in [2.45, 2.75) is 39.2 Å². The number of methoxy groups -OCH3 is 1. The second-order valence-electron chi connectivity index (χ2n) is 6.05. The minimum atomic E-state index is -0.640. The third kappa shape index (κ3) is 4.47. The molecule has 1 aromatic carbocycles. The Hall–Kier alpha value is -2.04. The van der Waals surface area contributed by atoms with Crippen molar-refractivity contribution >= 4 is 17.4 Å². The zero-order valence-corrected chi connectivity index (χ0v) is 14.0. The lowest BCUT2D eigenvalue weighted by Gasteiger charge is -2.31. The SMILES string of the molecule is CCOC(=O)[C@@H](Nc1ccc(OC)cc1)[C@H]1C[C@H](C)CCC1=O. The average molecular weight is 319 g/mol. The molecule has 1 fully saturated rings. The van der Waals surface area contributed by atoms with Crippen molar-refractivity contribution < 1.29 is 19.1 Å². The molecule has 1 saturated carbocycles. The summed E-state index contributed by atoms with van der Waals surface area (Å²) >= 11 is 0. The Bertz CT molecular complexity index is 540. The molecular formula is C18H25NO4. The van der Waals surface area contributed by atoms with E-state index < -0.39 is 6.04 Å². The molecule has 3 atom stereocenters. The van der Waals surface area contributed by atoms with Gasteiger partial charge in [0.1, 0.15) is 17.6 Å². The Kier molecular flexibility index (Phi) is 6.02. The largest absolute Gasteiger partial charge is 0.497 e. The number of esters is 1. The summed E-state index contributed by atoms with van der Waals surface area (Å²) in [4.78, 5) is 24.7. The molecule has 0 spiro atoms. The molecule has 5 nitrogen and oxygen atoms in total. The molecule has 1 N–H and O–H groups in total. The first-order chi connectivity index (χ1) is 11.0. The summed E-state index contributed by atoms with van der Waals surface area (Å²) in [6.07, 6.45) is 2.14. The smallest absolute Gasteiger partial charge is 0.329 e. The normalized spacial score (nSPS) is 22.3. The van der Waals surface area contributed by atoms with Gasteiger partial charge in [-0.1, -0.05) is 6.92 Å². The van der Waals surface area contributed by atoms with E-state index in [1.165, 1.54) is 0 Å². The van der Waals surface area contributed by atoms with Crippen LogP contribution in [0.4, 0.5) is 5.69 Å². The van der Waals surface area contributed by atoms with Crippen molar-refractivity contribution in [3.05, 3.63) is 24.3 Å². The quantitative estimate of drug-likeness (QED) is 0.817. The summed E-state index contributed by atoms with van der Waals surface area (Å²) in [6.45, 7) is 4.19. The van der Waals surface area contributed by atoms with E-state index in [2.05, 4.69) is 12.2 Å². The van der Waals surface area contributed by atoms with Crippen LogP contribution in [0.15, 0.2) is 24.3 Å². The predicted octanol–water partition coefficient (Wildman–Crippen LogP) is 3.04. The highest BCUT2D eigenvalue weighted by Gasteiger charge is 2.38. The van der Waals surface area contributed by atoms with Crippen LogP contribution in [-0.4, -0.2) is 31.5 Å². The Labute approximate surface area is 137 Å². The monoisotopic (exact) mass is 319 g/mol. The van der Waals surface area contributed by atoms with Gasteiger partial charge in [0, 0.05) is 18.0 Å². The minimum Gasteiger partial charge on any atom is -0.497 e. The predicted molar refractivity (Wildman–Crippen MR) is 88.5 cm³/mol. The lowest BCUT2D eigenvalue weighted by Crippen LogP contribution is -2.44. The summed E-state index contributed by atoms with van der Waals surface area (Å²) in [5, 5.41) is 3.18. The fourth-order valence-electron chi connectivity index (χ4n) is 3.00. The van der Waals surface area contributed by atoms with Gasteiger partial charge in [0.15, 0.2) is 0 Å². The molecule has 23 heavy (non-hydrogen) atoms. The molecule has 0 saturated heterocycles. The first kappa shape index (κ1) is 17.3. The molecule has 2 rings (SSSR count). The fourth-order valence-corrected chi connectivity index (χ4v) is 3.00. The zero-order valence-electron chi connectivity index (χ0n) is 14.0. The number of carbonyl (C=O) groups excluding carboxylic acids is 2. The van der Waals surface area contributed by atoms with Crippen molar-refractivity contribution in [3.8, 4) is 5.75 Å². The van der Waals surface area contributed by atoms with Crippen LogP contribution < -0.4 is 10.1 Å². The number of rotatable bonds is 6. The zero-order chi connectivity index (χ0) is 16.8. The first-order valence-corrected chi connectivity index (χ1v) is 8.15. The number of hydrogen-bond acceptors (Lipinski definition) is 5. The molecule has 0 aliphatic heterocycles. The number of ketones is 1. The van der Waals surface area contributed by atoms with E-state index in [9.17, 15) is 9.59 Å². The van der Waals surface area contributed by atoms with E-state index >= 15 is 0 Å². The van der Waals surface area contributed by atoms with Gasteiger partial charge in [0.05, 0.1) is 13.7 Å². The Morgan fingerprint density at radius 2 is 2.04 bits per heavy atom. The van der Waals surface area contributed by atoms with Gasteiger partial charge >= 0.3 is 5.97 Å². The van der Waals surface area contributed by atoms with Crippen molar-refractivity contribution in [1.29, 1.82) is 0 Å².